The summed E-state index contributed by atoms with van der Waals surface area (Å²) in [7, 11) is 0. The average Bonchev–Trinajstić information content (AvgIpc) is 2.67. The lowest BCUT2D eigenvalue weighted by atomic mass is 10.2. The molecule has 0 amide bonds. The Morgan fingerprint density at radius 2 is 2.44 bits per heavy atom. The number of halogens is 1. The number of nitrogens with one attached hydrogen (secondary N) is 1. The van der Waals surface area contributed by atoms with Gasteiger partial charge in [-0.2, -0.15) is 5.26 Å². The van der Waals surface area contributed by atoms with Gasteiger partial charge in [0.2, 0.25) is 0 Å². The molecule has 0 radical (unpaired) electrons. The van der Waals surface area contributed by atoms with Crippen LogP contribution in [-0.2, 0) is 4.74 Å². The number of ether oxygens (including phenoxy) is 1. The van der Waals surface area contributed by atoms with Gasteiger partial charge in [0.25, 0.3) is 0 Å². The van der Waals surface area contributed by atoms with E-state index in [1.807, 2.05) is 6.07 Å². The molecular formula is C10H10ClN3O2. The maximum Gasteiger partial charge on any atom is 0.145 e. The number of rotatable bonds is 2. The Balaban J connectivity index is 2.13. The standard InChI is InChI=1S/C10H10ClN3O2/c11-7-1-6(2-12)3-13-10(7)14-8-4-16-5-9(8)15/h1,3,8-9,15H,4-5H2,(H,13,14)/t8-,9-/m0/s1. The Morgan fingerprint density at radius 3 is 3.00 bits per heavy atom. The number of aliphatic hydroxyl groups is 1. The number of aliphatic hydroxyl groups excluding tert-OH is 1. The number of hydrogen-bond acceptors (Lipinski definition) is 5. The van der Waals surface area contributed by atoms with Crippen LogP contribution in [0.25, 0.3) is 0 Å². The monoisotopic (exact) mass is 239 g/mol. The van der Waals surface area contributed by atoms with Crippen LogP contribution in [0, 0.1) is 11.3 Å². The second-order valence-corrected chi connectivity index (χ2v) is 3.93. The van der Waals surface area contributed by atoms with Gasteiger partial charge in [-0.05, 0) is 6.07 Å². The molecule has 5 nitrogen and oxygen atoms in total. The summed E-state index contributed by atoms with van der Waals surface area (Å²) in [6.07, 6.45) is 0.865. The summed E-state index contributed by atoms with van der Waals surface area (Å²) in [5, 5.41) is 21.5. The molecular weight excluding hydrogens is 230 g/mol. The fraction of sp³-hybridized carbons (Fsp3) is 0.400. The first-order valence-corrected chi connectivity index (χ1v) is 5.16. The molecule has 1 aromatic heterocycles. The highest BCUT2D eigenvalue weighted by molar-refractivity contribution is 6.33. The van der Waals surface area contributed by atoms with Gasteiger partial charge in [0, 0.05) is 6.20 Å². The molecule has 0 aliphatic carbocycles. The summed E-state index contributed by atoms with van der Waals surface area (Å²) in [6, 6.07) is 3.27. The lowest BCUT2D eigenvalue weighted by Crippen LogP contribution is -2.32. The predicted octanol–water partition coefficient (Wildman–Crippen LogP) is 0.778. The normalized spacial score (nSPS) is 24.1. The second-order valence-electron chi connectivity index (χ2n) is 3.52. The Hall–Kier alpha value is -1.35. The summed E-state index contributed by atoms with van der Waals surface area (Å²) in [5.41, 5.74) is 0.402. The van der Waals surface area contributed by atoms with Crippen LogP contribution in [0.3, 0.4) is 0 Å². The number of aromatic nitrogens is 1. The van der Waals surface area contributed by atoms with E-state index in [0.717, 1.165) is 0 Å². The molecule has 0 unspecified atom stereocenters. The van der Waals surface area contributed by atoms with Crippen molar-refractivity contribution in [1.29, 1.82) is 5.26 Å². The minimum Gasteiger partial charge on any atom is -0.388 e. The first kappa shape index (κ1) is 11.1. The Bertz CT molecular complexity index is 433. The predicted molar refractivity (Wildman–Crippen MR) is 58.2 cm³/mol. The topological polar surface area (TPSA) is 78.2 Å². The van der Waals surface area contributed by atoms with Crippen LogP contribution in [0.4, 0.5) is 5.82 Å². The van der Waals surface area contributed by atoms with Crippen molar-refractivity contribution < 1.29 is 9.84 Å². The van der Waals surface area contributed by atoms with Crippen molar-refractivity contribution in [1.82, 2.24) is 4.98 Å². The molecule has 0 spiro atoms. The van der Waals surface area contributed by atoms with Crippen LogP contribution in [-0.4, -0.2) is 35.5 Å². The zero-order chi connectivity index (χ0) is 11.5. The lowest BCUT2D eigenvalue weighted by Gasteiger charge is -2.15. The van der Waals surface area contributed by atoms with Gasteiger partial charge in [-0.1, -0.05) is 11.6 Å². The van der Waals surface area contributed by atoms with Crippen molar-refractivity contribution in [3.63, 3.8) is 0 Å². The van der Waals surface area contributed by atoms with Gasteiger partial charge in [-0.3, -0.25) is 0 Å². The zero-order valence-electron chi connectivity index (χ0n) is 8.35. The molecule has 1 aliphatic heterocycles. The Kier molecular flexibility index (Phi) is 3.25. The summed E-state index contributed by atoms with van der Waals surface area (Å²) in [5.74, 6) is 0.454. The van der Waals surface area contributed by atoms with Crippen LogP contribution in [0.15, 0.2) is 12.3 Å². The van der Waals surface area contributed by atoms with Gasteiger partial charge < -0.3 is 15.2 Å². The van der Waals surface area contributed by atoms with Crippen molar-refractivity contribution in [3.05, 3.63) is 22.8 Å². The summed E-state index contributed by atoms with van der Waals surface area (Å²) in [6.45, 7) is 0.727. The number of anilines is 1. The molecule has 2 rings (SSSR count). The summed E-state index contributed by atoms with van der Waals surface area (Å²) in [4.78, 5) is 4.01. The first-order chi connectivity index (χ1) is 7.70. The first-order valence-electron chi connectivity index (χ1n) is 4.78. The molecule has 0 saturated carbocycles. The number of nitriles is 1. The maximum absolute atomic E-state index is 9.53. The van der Waals surface area contributed by atoms with Gasteiger partial charge in [0.1, 0.15) is 11.9 Å². The minimum atomic E-state index is -0.562. The van der Waals surface area contributed by atoms with Crippen molar-refractivity contribution in [2.24, 2.45) is 0 Å². The van der Waals surface area contributed by atoms with Gasteiger partial charge in [-0.25, -0.2) is 4.98 Å². The van der Waals surface area contributed by atoms with E-state index in [1.54, 1.807) is 0 Å². The van der Waals surface area contributed by atoms with Crippen LogP contribution >= 0.6 is 11.6 Å². The average molecular weight is 240 g/mol. The highest BCUT2D eigenvalue weighted by Gasteiger charge is 2.26. The Morgan fingerprint density at radius 1 is 1.62 bits per heavy atom. The molecule has 84 valence electrons. The van der Waals surface area contributed by atoms with E-state index in [-0.39, 0.29) is 6.04 Å². The third-order valence-corrected chi connectivity index (χ3v) is 2.63. The van der Waals surface area contributed by atoms with Gasteiger partial charge >= 0.3 is 0 Å². The molecule has 6 heteroatoms. The Labute approximate surface area is 97.6 Å². The summed E-state index contributed by atoms with van der Waals surface area (Å²) < 4.78 is 5.09. The second kappa shape index (κ2) is 4.66. The van der Waals surface area contributed by atoms with Crippen LogP contribution in [0.5, 0.6) is 0 Å². The molecule has 16 heavy (non-hydrogen) atoms. The van der Waals surface area contributed by atoms with Crippen molar-refractivity contribution in [2.75, 3.05) is 18.5 Å². The number of pyridine rings is 1. The number of hydrogen-bond donors (Lipinski definition) is 2. The van der Waals surface area contributed by atoms with E-state index in [2.05, 4.69) is 10.3 Å². The molecule has 0 aromatic carbocycles. The molecule has 1 saturated heterocycles. The zero-order valence-corrected chi connectivity index (χ0v) is 9.11. The summed E-state index contributed by atoms with van der Waals surface area (Å²) >= 11 is 5.94. The quantitative estimate of drug-likeness (QED) is 0.797. The van der Waals surface area contributed by atoms with Crippen molar-refractivity contribution in [3.8, 4) is 6.07 Å². The maximum atomic E-state index is 9.53. The highest BCUT2D eigenvalue weighted by Crippen LogP contribution is 2.22. The van der Waals surface area contributed by atoms with Gasteiger partial charge in [0.15, 0.2) is 0 Å². The van der Waals surface area contributed by atoms with Gasteiger partial charge in [-0.15, -0.1) is 0 Å². The van der Waals surface area contributed by atoms with Crippen LogP contribution < -0.4 is 5.32 Å². The fourth-order valence-electron chi connectivity index (χ4n) is 1.46. The molecule has 1 aliphatic rings. The molecule has 0 bridgehead atoms. The van der Waals surface area contributed by atoms with E-state index < -0.39 is 6.10 Å². The highest BCUT2D eigenvalue weighted by atomic mass is 35.5. The molecule has 1 aromatic rings. The van der Waals surface area contributed by atoms with Crippen molar-refractivity contribution >= 4 is 17.4 Å². The molecule has 2 heterocycles. The van der Waals surface area contributed by atoms with E-state index in [1.165, 1.54) is 12.3 Å². The molecule has 2 atom stereocenters. The number of nitrogens with zero attached hydrogens (tertiary/aromatic N) is 2. The molecule has 2 N–H and O–H groups in total. The SMILES string of the molecule is N#Cc1cnc(N[C@H]2COC[C@@H]2O)c(Cl)c1. The smallest absolute Gasteiger partial charge is 0.145 e. The van der Waals surface area contributed by atoms with Gasteiger partial charge in [0.05, 0.1) is 35.9 Å². The third-order valence-electron chi connectivity index (χ3n) is 2.34. The van der Waals surface area contributed by atoms with E-state index in [4.69, 9.17) is 21.6 Å². The van der Waals surface area contributed by atoms with E-state index in [0.29, 0.717) is 29.6 Å². The van der Waals surface area contributed by atoms with E-state index in [9.17, 15) is 5.11 Å². The molecule has 1 fully saturated rings. The van der Waals surface area contributed by atoms with E-state index >= 15 is 0 Å². The van der Waals surface area contributed by atoms with Crippen molar-refractivity contribution in [2.45, 2.75) is 12.1 Å². The minimum absolute atomic E-state index is 0.210. The third kappa shape index (κ3) is 2.25. The van der Waals surface area contributed by atoms with Crippen LogP contribution in [0.2, 0.25) is 5.02 Å². The van der Waals surface area contributed by atoms with Crippen LogP contribution in [0.1, 0.15) is 5.56 Å². The largest absolute Gasteiger partial charge is 0.388 e. The lowest BCUT2D eigenvalue weighted by molar-refractivity contribution is 0.125. The fourth-order valence-corrected chi connectivity index (χ4v) is 1.68.